The maximum absolute atomic E-state index is 5.63. The average molecular weight is 166 g/mol. The molecule has 0 saturated carbocycles. The second kappa shape index (κ2) is 3.59. The molecule has 0 aliphatic carbocycles. The molecule has 2 N–H and O–H groups in total. The molecule has 1 fully saturated rings. The van der Waals surface area contributed by atoms with Gasteiger partial charge in [0.1, 0.15) is 0 Å². The lowest BCUT2D eigenvalue weighted by Gasteiger charge is -2.16. The van der Waals surface area contributed by atoms with Crippen LogP contribution in [0.3, 0.4) is 0 Å². The molecule has 0 radical (unpaired) electrons. The molecule has 9 heavy (non-hydrogen) atoms. The average Bonchev–Trinajstić information content (AvgIpc) is 2.17. The van der Waals surface area contributed by atoms with Crippen molar-refractivity contribution in [3.63, 3.8) is 0 Å². The van der Waals surface area contributed by atoms with Gasteiger partial charge in [-0.1, -0.05) is 31.5 Å². The van der Waals surface area contributed by atoms with Crippen molar-refractivity contribution in [2.75, 3.05) is 6.17 Å². The second-order valence-corrected chi connectivity index (χ2v) is 8.25. The summed E-state index contributed by atoms with van der Waals surface area (Å²) in [6.07, 6.45) is 3.94. The van der Waals surface area contributed by atoms with Crippen molar-refractivity contribution in [1.82, 2.24) is 0 Å². The van der Waals surface area contributed by atoms with Gasteiger partial charge in [-0.15, -0.1) is 12.4 Å². The van der Waals surface area contributed by atoms with Crippen LogP contribution in [0.4, 0.5) is 0 Å². The minimum atomic E-state index is -0.782. The van der Waals surface area contributed by atoms with Gasteiger partial charge in [-0.05, 0) is 6.17 Å². The normalized spacial score (nSPS) is 23.3. The fourth-order valence-corrected chi connectivity index (χ4v) is 4.30. The zero-order valence-electron chi connectivity index (χ0n) is 6.02. The smallest absolute Gasteiger partial charge is 0.0653 e. The number of rotatable bonds is 1. The van der Waals surface area contributed by atoms with Crippen molar-refractivity contribution in [3.8, 4) is 0 Å². The van der Waals surface area contributed by atoms with Crippen molar-refractivity contribution in [3.05, 3.63) is 0 Å². The van der Waals surface area contributed by atoms with Gasteiger partial charge in [-0.3, -0.25) is 0 Å². The largest absolute Gasteiger partial charge is 0.333 e. The Morgan fingerprint density at radius 2 is 1.78 bits per heavy atom. The fraction of sp³-hybridized carbons (Fsp3) is 1.00. The lowest BCUT2D eigenvalue weighted by molar-refractivity contribution is 0.935. The van der Waals surface area contributed by atoms with E-state index in [0.717, 1.165) is 6.17 Å². The van der Waals surface area contributed by atoms with Crippen LogP contribution in [0.15, 0.2) is 0 Å². The molecule has 0 aromatic carbocycles. The Balaban J connectivity index is 0.000000640. The Morgan fingerprint density at radius 3 is 2.00 bits per heavy atom. The summed E-state index contributed by atoms with van der Waals surface area (Å²) in [4.78, 5) is 0. The highest BCUT2D eigenvalue weighted by molar-refractivity contribution is 6.79. The van der Waals surface area contributed by atoms with Crippen molar-refractivity contribution in [2.24, 2.45) is 5.73 Å². The zero-order chi connectivity index (χ0) is 6.04. The Morgan fingerprint density at radius 1 is 1.33 bits per heavy atom. The standard InChI is InChI=1S/C6H15NSi.ClH/c1-8(6-7)4-2-3-5-8;/h2-7H2,1H3;1H. The van der Waals surface area contributed by atoms with E-state index in [0.29, 0.717) is 0 Å². The molecule has 0 unspecified atom stereocenters. The van der Waals surface area contributed by atoms with Gasteiger partial charge in [0.2, 0.25) is 0 Å². The number of nitrogens with two attached hydrogens (primary N) is 1. The molecule has 0 aromatic heterocycles. The summed E-state index contributed by atoms with van der Waals surface area (Å²) in [6.45, 7) is 2.43. The summed E-state index contributed by atoms with van der Waals surface area (Å²) >= 11 is 0. The summed E-state index contributed by atoms with van der Waals surface area (Å²) in [5.74, 6) is 0. The molecule has 0 atom stereocenters. The van der Waals surface area contributed by atoms with Crippen LogP contribution in [0, 0.1) is 0 Å². The molecule has 3 heteroatoms. The minimum absolute atomic E-state index is 0. The first-order chi connectivity index (χ1) is 3.77. The van der Waals surface area contributed by atoms with Crippen LogP contribution in [-0.4, -0.2) is 14.2 Å². The topological polar surface area (TPSA) is 26.0 Å². The van der Waals surface area contributed by atoms with Gasteiger partial charge in [-0.25, -0.2) is 0 Å². The Hall–Kier alpha value is 0.467. The van der Waals surface area contributed by atoms with Crippen molar-refractivity contribution in [1.29, 1.82) is 0 Å². The van der Waals surface area contributed by atoms with Crippen LogP contribution in [0.1, 0.15) is 12.8 Å². The van der Waals surface area contributed by atoms with Gasteiger partial charge in [-0.2, -0.15) is 0 Å². The van der Waals surface area contributed by atoms with Crippen LogP contribution in [-0.2, 0) is 0 Å². The molecule has 1 nitrogen and oxygen atoms in total. The lowest BCUT2D eigenvalue weighted by atomic mass is 10.4. The van der Waals surface area contributed by atoms with Crippen LogP contribution in [0.25, 0.3) is 0 Å². The third kappa shape index (κ3) is 2.28. The highest BCUT2D eigenvalue weighted by Crippen LogP contribution is 2.28. The lowest BCUT2D eigenvalue weighted by Crippen LogP contribution is -2.36. The molecule has 1 heterocycles. The molecule has 1 rings (SSSR count). The predicted molar refractivity (Wildman–Crippen MR) is 46.8 cm³/mol. The third-order valence-corrected chi connectivity index (χ3v) is 6.41. The molecule has 56 valence electrons. The Bertz CT molecular complexity index is 81.1. The van der Waals surface area contributed by atoms with E-state index in [1.54, 1.807) is 0 Å². The molecular formula is C6H16ClNSi. The molecule has 0 bridgehead atoms. The molecule has 0 amide bonds. The van der Waals surface area contributed by atoms with E-state index in [-0.39, 0.29) is 12.4 Å². The fourth-order valence-electron chi connectivity index (χ4n) is 1.43. The van der Waals surface area contributed by atoms with Crippen LogP contribution >= 0.6 is 12.4 Å². The number of hydrogen-bond donors (Lipinski definition) is 1. The first-order valence-electron chi connectivity index (χ1n) is 3.47. The molecule has 0 spiro atoms. The molecule has 1 aliphatic rings. The van der Waals surface area contributed by atoms with E-state index in [9.17, 15) is 0 Å². The second-order valence-electron chi connectivity index (χ2n) is 3.22. The third-order valence-electron chi connectivity index (χ3n) is 2.30. The maximum atomic E-state index is 5.63. The van der Waals surface area contributed by atoms with Gasteiger partial charge in [0.05, 0.1) is 8.07 Å². The van der Waals surface area contributed by atoms with E-state index in [1.807, 2.05) is 0 Å². The Labute approximate surface area is 64.4 Å². The van der Waals surface area contributed by atoms with Crippen molar-refractivity contribution >= 4 is 20.5 Å². The van der Waals surface area contributed by atoms with E-state index in [4.69, 9.17) is 5.73 Å². The summed E-state index contributed by atoms with van der Waals surface area (Å²) in [6, 6.07) is 2.98. The van der Waals surface area contributed by atoms with Crippen LogP contribution in [0.5, 0.6) is 0 Å². The van der Waals surface area contributed by atoms with Gasteiger partial charge in [0, 0.05) is 0 Å². The van der Waals surface area contributed by atoms with Crippen LogP contribution < -0.4 is 5.73 Å². The molecule has 0 aromatic rings. The van der Waals surface area contributed by atoms with Gasteiger partial charge in [0.25, 0.3) is 0 Å². The van der Waals surface area contributed by atoms with Crippen molar-refractivity contribution < 1.29 is 0 Å². The van der Waals surface area contributed by atoms with Crippen molar-refractivity contribution in [2.45, 2.75) is 31.5 Å². The highest BCUT2D eigenvalue weighted by atomic mass is 35.5. The predicted octanol–water partition coefficient (Wildman–Crippen LogP) is 1.78. The quantitative estimate of drug-likeness (QED) is 0.590. The van der Waals surface area contributed by atoms with Crippen LogP contribution in [0.2, 0.25) is 18.6 Å². The van der Waals surface area contributed by atoms with Gasteiger partial charge < -0.3 is 5.73 Å². The summed E-state index contributed by atoms with van der Waals surface area (Å²) < 4.78 is 0. The summed E-state index contributed by atoms with van der Waals surface area (Å²) in [5.41, 5.74) is 5.63. The summed E-state index contributed by atoms with van der Waals surface area (Å²) in [5, 5.41) is 0. The first kappa shape index (κ1) is 9.47. The summed E-state index contributed by atoms with van der Waals surface area (Å²) in [7, 11) is -0.782. The zero-order valence-corrected chi connectivity index (χ0v) is 7.84. The van der Waals surface area contributed by atoms with E-state index in [1.165, 1.54) is 24.9 Å². The Kier molecular flexibility index (Phi) is 3.78. The monoisotopic (exact) mass is 165 g/mol. The highest BCUT2D eigenvalue weighted by Gasteiger charge is 2.28. The minimum Gasteiger partial charge on any atom is -0.333 e. The SMILES string of the molecule is C[Si]1(CN)CCCC1.Cl. The van der Waals surface area contributed by atoms with E-state index < -0.39 is 8.07 Å². The number of halogens is 1. The van der Waals surface area contributed by atoms with Gasteiger partial charge in [0.15, 0.2) is 0 Å². The number of hydrogen-bond acceptors (Lipinski definition) is 1. The molecule has 1 aliphatic heterocycles. The molecule has 1 saturated heterocycles. The van der Waals surface area contributed by atoms with E-state index in [2.05, 4.69) is 6.55 Å². The molecular weight excluding hydrogens is 150 g/mol. The van der Waals surface area contributed by atoms with Gasteiger partial charge >= 0.3 is 0 Å². The van der Waals surface area contributed by atoms with E-state index >= 15 is 0 Å². The maximum Gasteiger partial charge on any atom is 0.0653 e. The first-order valence-corrected chi connectivity index (χ1v) is 6.59.